The molecule has 0 radical (unpaired) electrons. The van der Waals surface area contributed by atoms with Gasteiger partial charge in [-0.1, -0.05) is 37.3 Å². The molecule has 4 nitrogen and oxygen atoms in total. The minimum Gasteiger partial charge on any atom is -0.493 e. The minimum atomic E-state index is -0.517. The van der Waals surface area contributed by atoms with Crippen LogP contribution in [0.3, 0.4) is 0 Å². The molecule has 4 heteroatoms. The van der Waals surface area contributed by atoms with Gasteiger partial charge in [-0.15, -0.1) is 0 Å². The number of benzene rings is 2. The second kappa shape index (κ2) is 10.5. The Kier molecular flexibility index (Phi) is 8.00. The zero-order valence-corrected chi connectivity index (χ0v) is 16.0. The predicted octanol–water partition coefficient (Wildman–Crippen LogP) is 4.30. The van der Waals surface area contributed by atoms with Crippen LogP contribution in [0.25, 0.3) is 0 Å². The lowest BCUT2D eigenvalue weighted by molar-refractivity contribution is -0.127. The summed E-state index contributed by atoms with van der Waals surface area (Å²) in [4.78, 5) is 12.2. The van der Waals surface area contributed by atoms with Gasteiger partial charge in [0.15, 0.2) is 6.10 Å². The third-order valence-electron chi connectivity index (χ3n) is 4.03. The third-order valence-corrected chi connectivity index (χ3v) is 4.03. The first-order valence-corrected chi connectivity index (χ1v) is 9.32. The number of ether oxygens (including phenoxy) is 2. The van der Waals surface area contributed by atoms with Crippen LogP contribution in [0.1, 0.15) is 37.8 Å². The molecule has 0 aliphatic heterocycles. The van der Waals surface area contributed by atoms with Crippen LogP contribution in [-0.2, 0) is 11.2 Å². The van der Waals surface area contributed by atoms with E-state index in [2.05, 4.69) is 18.3 Å². The SMILES string of the molecule is CCCOc1ccccc1CCCNC(=O)C(C)Oc1cccc(C)c1. The van der Waals surface area contributed by atoms with E-state index in [9.17, 15) is 4.79 Å². The largest absolute Gasteiger partial charge is 0.493 e. The van der Waals surface area contributed by atoms with Gasteiger partial charge in [0, 0.05) is 6.54 Å². The molecule has 2 aromatic rings. The van der Waals surface area contributed by atoms with E-state index in [4.69, 9.17) is 9.47 Å². The van der Waals surface area contributed by atoms with Crippen LogP contribution in [0.5, 0.6) is 11.5 Å². The van der Waals surface area contributed by atoms with Gasteiger partial charge in [0.2, 0.25) is 0 Å². The van der Waals surface area contributed by atoms with E-state index in [0.29, 0.717) is 6.54 Å². The summed E-state index contributed by atoms with van der Waals surface area (Å²) in [5.41, 5.74) is 2.29. The summed E-state index contributed by atoms with van der Waals surface area (Å²) in [6.45, 7) is 7.20. The number of hydrogen-bond donors (Lipinski definition) is 1. The first-order chi connectivity index (χ1) is 12.6. The van der Waals surface area contributed by atoms with Gasteiger partial charge in [-0.05, 0) is 62.4 Å². The summed E-state index contributed by atoms with van der Waals surface area (Å²) in [7, 11) is 0. The Morgan fingerprint density at radius 3 is 2.73 bits per heavy atom. The molecule has 0 aromatic heterocycles. The highest BCUT2D eigenvalue weighted by molar-refractivity contribution is 5.80. The molecule has 0 bridgehead atoms. The first kappa shape index (κ1) is 19.8. The summed E-state index contributed by atoms with van der Waals surface area (Å²) in [5.74, 6) is 1.56. The van der Waals surface area contributed by atoms with Crippen LogP contribution >= 0.6 is 0 Å². The predicted molar refractivity (Wildman–Crippen MR) is 105 cm³/mol. The van der Waals surface area contributed by atoms with Crippen molar-refractivity contribution < 1.29 is 14.3 Å². The van der Waals surface area contributed by atoms with Gasteiger partial charge in [0.25, 0.3) is 5.91 Å². The maximum Gasteiger partial charge on any atom is 0.260 e. The van der Waals surface area contributed by atoms with Crippen LogP contribution in [-0.4, -0.2) is 25.2 Å². The zero-order chi connectivity index (χ0) is 18.8. The second-order valence-electron chi connectivity index (χ2n) is 6.43. The lowest BCUT2D eigenvalue weighted by Gasteiger charge is -2.15. The number of carbonyl (C=O) groups is 1. The van der Waals surface area contributed by atoms with Gasteiger partial charge in [-0.2, -0.15) is 0 Å². The van der Waals surface area contributed by atoms with Crippen molar-refractivity contribution in [3.05, 3.63) is 59.7 Å². The van der Waals surface area contributed by atoms with E-state index in [1.54, 1.807) is 6.92 Å². The molecule has 2 aromatic carbocycles. The van der Waals surface area contributed by atoms with Crippen molar-refractivity contribution in [2.45, 2.75) is 46.1 Å². The van der Waals surface area contributed by atoms with E-state index < -0.39 is 6.10 Å². The Morgan fingerprint density at radius 2 is 1.96 bits per heavy atom. The molecular formula is C22H29NO3. The van der Waals surface area contributed by atoms with Crippen LogP contribution in [0.15, 0.2) is 48.5 Å². The number of aryl methyl sites for hydroxylation is 2. The van der Waals surface area contributed by atoms with Crippen LogP contribution < -0.4 is 14.8 Å². The topological polar surface area (TPSA) is 47.6 Å². The number of hydrogen-bond acceptors (Lipinski definition) is 3. The highest BCUT2D eigenvalue weighted by Gasteiger charge is 2.14. The van der Waals surface area contributed by atoms with Crippen molar-refractivity contribution in [1.29, 1.82) is 0 Å². The van der Waals surface area contributed by atoms with E-state index in [-0.39, 0.29) is 5.91 Å². The van der Waals surface area contributed by atoms with Crippen molar-refractivity contribution in [1.82, 2.24) is 5.32 Å². The summed E-state index contributed by atoms with van der Waals surface area (Å²) >= 11 is 0. The van der Waals surface area contributed by atoms with Crippen LogP contribution in [0, 0.1) is 6.92 Å². The van der Waals surface area contributed by atoms with Gasteiger partial charge in [0.05, 0.1) is 6.61 Å². The Bertz CT molecular complexity index is 699. The lowest BCUT2D eigenvalue weighted by atomic mass is 10.1. The molecule has 1 amide bonds. The summed E-state index contributed by atoms with van der Waals surface area (Å²) in [6, 6.07) is 15.8. The minimum absolute atomic E-state index is 0.0953. The highest BCUT2D eigenvalue weighted by atomic mass is 16.5. The summed E-state index contributed by atoms with van der Waals surface area (Å²) < 4.78 is 11.5. The van der Waals surface area contributed by atoms with Gasteiger partial charge < -0.3 is 14.8 Å². The lowest BCUT2D eigenvalue weighted by Crippen LogP contribution is -2.36. The molecule has 0 saturated heterocycles. The van der Waals surface area contributed by atoms with Gasteiger partial charge in [-0.3, -0.25) is 4.79 Å². The molecule has 1 atom stereocenters. The Hall–Kier alpha value is -2.49. The fourth-order valence-electron chi connectivity index (χ4n) is 2.64. The monoisotopic (exact) mass is 355 g/mol. The first-order valence-electron chi connectivity index (χ1n) is 9.32. The highest BCUT2D eigenvalue weighted by Crippen LogP contribution is 2.19. The van der Waals surface area contributed by atoms with Crippen molar-refractivity contribution in [3.63, 3.8) is 0 Å². The van der Waals surface area contributed by atoms with Gasteiger partial charge in [0.1, 0.15) is 11.5 Å². The van der Waals surface area contributed by atoms with E-state index in [1.165, 1.54) is 5.56 Å². The van der Waals surface area contributed by atoms with Crippen molar-refractivity contribution in [2.75, 3.05) is 13.2 Å². The van der Waals surface area contributed by atoms with Crippen LogP contribution in [0.4, 0.5) is 0 Å². The zero-order valence-electron chi connectivity index (χ0n) is 16.0. The van der Waals surface area contributed by atoms with Crippen molar-refractivity contribution >= 4 is 5.91 Å². The van der Waals surface area contributed by atoms with E-state index >= 15 is 0 Å². The van der Waals surface area contributed by atoms with Gasteiger partial charge in [-0.25, -0.2) is 0 Å². The molecule has 0 aliphatic carbocycles. The Morgan fingerprint density at radius 1 is 1.15 bits per heavy atom. The average Bonchev–Trinajstić information content (AvgIpc) is 2.64. The number of amides is 1. The van der Waals surface area contributed by atoms with E-state index in [1.807, 2.05) is 49.4 Å². The molecule has 1 N–H and O–H groups in total. The third kappa shape index (κ3) is 6.43. The average molecular weight is 355 g/mol. The fourth-order valence-corrected chi connectivity index (χ4v) is 2.64. The van der Waals surface area contributed by atoms with Crippen molar-refractivity contribution in [2.24, 2.45) is 0 Å². The number of para-hydroxylation sites is 1. The quantitative estimate of drug-likeness (QED) is 0.647. The number of carbonyl (C=O) groups excluding carboxylic acids is 1. The second-order valence-corrected chi connectivity index (χ2v) is 6.43. The van der Waals surface area contributed by atoms with Crippen molar-refractivity contribution in [3.8, 4) is 11.5 Å². The maximum absolute atomic E-state index is 12.2. The smallest absolute Gasteiger partial charge is 0.260 e. The molecule has 0 spiro atoms. The maximum atomic E-state index is 12.2. The number of rotatable bonds is 10. The molecule has 0 saturated carbocycles. The molecular weight excluding hydrogens is 326 g/mol. The molecule has 1 unspecified atom stereocenters. The number of nitrogens with one attached hydrogen (secondary N) is 1. The van der Waals surface area contributed by atoms with Gasteiger partial charge >= 0.3 is 0 Å². The molecule has 0 heterocycles. The molecule has 0 aliphatic rings. The Balaban J connectivity index is 1.74. The molecule has 0 fully saturated rings. The standard InChI is InChI=1S/C22H29NO3/c1-4-15-25-21-13-6-5-10-19(21)11-8-14-23-22(24)18(3)26-20-12-7-9-17(2)16-20/h5-7,9-10,12-13,16,18H,4,8,11,14-15H2,1-3H3,(H,23,24). The van der Waals surface area contributed by atoms with Crippen LogP contribution in [0.2, 0.25) is 0 Å². The Labute approximate surface area is 156 Å². The molecule has 26 heavy (non-hydrogen) atoms. The summed E-state index contributed by atoms with van der Waals surface area (Å²) in [6.07, 6.45) is 2.20. The van der Waals surface area contributed by atoms with E-state index in [0.717, 1.165) is 42.9 Å². The molecule has 140 valence electrons. The fraction of sp³-hybridized carbons (Fsp3) is 0.409. The normalized spacial score (nSPS) is 11.7. The molecule has 2 rings (SSSR count). The summed E-state index contributed by atoms with van der Waals surface area (Å²) in [5, 5.41) is 2.95.